The van der Waals surface area contributed by atoms with Gasteiger partial charge in [-0.05, 0) is 83.1 Å². The van der Waals surface area contributed by atoms with Crippen molar-refractivity contribution in [3.05, 3.63) is 155 Å². The first-order valence-corrected chi connectivity index (χ1v) is 14.4. The van der Waals surface area contributed by atoms with Crippen molar-refractivity contribution in [2.45, 2.75) is 19.3 Å². The Kier molecular flexibility index (Phi) is 5.44. The highest BCUT2D eigenvalue weighted by Gasteiger charge is 2.40. The first-order valence-electron chi connectivity index (χ1n) is 14.4. The number of hydrogen-bond acceptors (Lipinski definition) is 4. The van der Waals surface area contributed by atoms with Gasteiger partial charge in [0, 0.05) is 44.7 Å². The molecule has 0 N–H and O–H groups in total. The van der Waals surface area contributed by atoms with Crippen molar-refractivity contribution in [3.63, 3.8) is 0 Å². The molecule has 0 unspecified atom stereocenters. The van der Waals surface area contributed by atoms with E-state index >= 15 is 0 Å². The molecule has 0 amide bonds. The van der Waals surface area contributed by atoms with Gasteiger partial charge in [0.25, 0.3) is 0 Å². The molecule has 206 valence electrons. The van der Waals surface area contributed by atoms with Crippen LogP contribution in [0.25, 0.3) is 28.2 Å². The molecule has 1 aromatic heterocycles. The maximum Gasteiger partial charge on any atom is 0.197 e. The summed E-state index contributed by atoms with van der Waals surface area (Å²) in [6.07, 6.45) is 1.62. The number of furan rings is 1. The molecule has 2 aliphatic rings. The molecule has 43 heavy (non-hydrogen) atoms. The second-order valence-electron chi connectivity index (χ2n) is 11.7. The number of para-hydroxylation sites is 2. The van der Waals surface area contributed by atoms with Crippen molar-refractivity contribution >= 4 is 45.5 Å². The minimum absolute atomic E-state index is 0.146. The van der Waals surface area contributed by atoms with Crippen molar-refractivity contribution in [2.75, 3.05) is 4.90 Å². The Morgan fingerprint density at radius 3 is 1.72 bits per heavy atom. The Labute approximate surface area is 249 Å². The molecule has 0 saturated carbocycles. The van der Waals surface area contributed by atoms with Crippen LogP contribution in [-0.4, -0.2) is 11.6 Å². The van der Waals surface area contributed by atoms with E-state index in [9.17, 15) is 9.59 Å². The lowest BCUT2D eigenvalue weighted by Crippen LogP contribution is -2.16. The quantitative estimate of drug-likeness (QED) is 0.160. The Balaban J connectivity index is 1.19. The predicted molar refractivity (Wildman–Crippen MR) is 172 cm³/mol. The Hall–Kier alpha value is -5.48. The average Bonchev–Trinajstić information content (AvgIpc) is 3.63. The van der Waals surface area contributed by atoms with Crippen LogP contribution in [0.15, 0.2) is 131 Å². The molecule has 4 nitrogen and oxygen atoms in total. The lowest BCUT2D eigenvalue weighted by atomic mass is 9.82. The SMILES string of the molecule is CC1(C)c2cc(N(c3ccccc3)c3ccccc3)ccc2-c2oc(C=C3C(=O)c4cc5ccccc5cc4C3=O)cc21. The highest BCUT2D eigenvalue weighted by Crippen LogP contribution is 2.52. The summed E-state index contributed by atoms with van der Waals surface area (Å²) in [7, 11) is 0. The summed E-state index contributed by atoms with van der Waals surface area (Å²) < 4.78 is 6.40. The first-order chi connectivity index (χ1) is 20.9. The molecule has 0 bridgehead atoms. The monoisotopic (exact) mass is 557 g/mol. The van der Waals surface area contributed by atoms with E-state index in [4.69, 9.17) is 4.42 Å². The third kappa shape index (κ3) is 3.84. The van der Waals surface area contributed by atoms with Gasteiger partial charge in [-0.3, -0.25) is 9.59 Å². The molecule has 0 saturated heterocycles. The molecule has 0 aliphatic heterocycles. The summed E-state index contributed by atoms with van der Waals surface area (Å²) in [5.74, 6) is 0.782. The maximum absolute atomic E-state index is 13.4. The van der Waals surface area contributed by atoms with Crippen LogP contribution >= 0.6 is 0 Å². The molecule has 2 aliphatic carbocycles. The third-order valence-corrected chi connectivity index (χ3v) is 8.78. The fourth-order valence-electron chi connectivity index (χ4n) is 6.56. The standard InChI is InChI=1S/C39H27NO3/c1-39(2)34-21-28(40(26-13-5-3-6-14-26)27-15-7-4-8-16-27)17-18-30(34)38-35(39)23-29(43-38)22-33-36(41)31-19-24-11-9-10-12-25(24)20-32(31)37(33)42/h3-23H,1-2H3. The molecule has 0 atom stereocenters. The normalized spacial score (nSPS) is 14.5. The number of carbonyl (C=O) groups excluding carboxylic acids is 2. The van der Waals surface area contributed by atoms with E-state index in [1.807, 2.05) is 78.9 Å². The van der Waals surface area contributed by atoms with E-state index in [0.29, 0.717) is 16.9 Å². The van der Waals surface area contributed by atoms with Gasteiger partial charge in [-0.2, -0.15) is 0 Å². The molecule has 6 aromatic rings. The summed E-state index contributed by atoms with van der Waals surface area (Å²) in [4.78, 5) is 29.0. The van der Waals surface area contributed by atoms with Crippen LogP contribution in [0.1, 0.15) is 51.5 Å². The minimum Gasteiger partial charge on any atom is -0.456 e. The minimum atomic E-state index is -0.343. The predicted octanol–water partition coefficient (Wildman–Crippen LogP) is 9.67. The summed E-state index contributed by atoms with van der Waals surface area (Å²) in [6.45, 7) is 4.38. The number of allylic oxidation sites excluding steroid dienone is 1. The van der Waals surface area contributed by atoms with Crippen molar-refractivity contribution in [2.24, 2.45) is 0 Å². The molecular formula is C39H27NO3. The molecule has 0 radical (unpaired) electrons. The summed E-state index contributed by atoms with van der Waals surface area (Å²) in [5, 5.41) is 1.88. The zero-order valence-electron chi connectivity index (χ0n) is 23.8. The van der Waals surface area contributed by atoms with Gasteiger partial charge in [-0.25, -0.2) is 0 Å². The van der Waals surface area contributed by atoms with Gasteiger partial charge in [0.05, 0.1) is 5.57 Å². The van der Waals surface area contributed by atoms with E-state index in [1.54, 1.807) is 6.08 Å². The number of anilines is 3. The molecule has 4 heteroatoms. The Bertz CT molecular complexity index is 2040. The molecular weight excluding hydrogens is 530 g/mol. The van der Waals surface area contributed by atoms with Crippen LogP contribution in [-0.2, 0) is 5.41 Å². The van der Waals surface area contributed by atoms with Gasteiger partial charge >= 0.3 is 0 Å². The first kappa shape index (κ1) is 25.2. The van der Waals surface area contributed by atoms with E-state index in [0.717, 1.165) is 44.7 Å². The lowest BCUT2D eigenvalue weighted by Gasteiger charge is -2.27. The number of carbonyl (C=O) groups is 2. The Morgan fingerprint density at radius 2 is 1.14 bits per heavy atom. The van der Waals surface area contributed by atoms with Crippen molar-refractivity contribution in [1.82, 2.24) is 0 Å². The number of benzene rings is 5. The third-order valence-electron chi connectivity index (χ3n) is 8.78. The second-order valence-corrected chi connectivity index (χ2v) is 11.7. The Morgan fingerprint density at radius 1 is 0.581 bits per heavy atom. The second kappa shape index (κ2) is 9.27. The lowest BCUT2D eigenvalue weighted by molar-refractivity contribution is 0.0990. The molecule has 0 spiro atoms. The van der Waals surface area contributed by atoms with Gasteiger partial charge in [0.1, 0.15) is 11.5 Å². The molecule has 5 aromatic carbocycles. The van der Waals surface area contributed by atoms with Crippen molar-refractivity contribution in [3.8, 4) is 11.3 Å². The van der Waals surface area contributed by atoms with Gasteiger partial charge in [0.15, 0.2) is 11.6 Å². The fourth-order valence-corrected chi connectivity index (χ4v) is 6.56. The van der Waals surface area contributed by atoms with Gasteiger partial charge < -0.3 is 9.32 Å². The van der Waals surface area contributed by atoms with Crippen LogP contribution in [0.3, 0.4) is 0 Å². The maximum atomic E-state index is 13.4. The smallest absolute Gasteiger partial charge is 0.197 e. The summed E-state index contributed by atoms with van der Waals surface area (Å²) in [5.41, 5.74) is 7.15. The number of fused-ring (bicyclic) bond motifs is 5. The van der Waals surface area contributed by atoms with E-state index in [2.05, 4.69) is 61.2 Å². The van der Waals surface area contributed by atoms with Gasteiger partial charge in [0.2, 0.25) is 0 Å². The highest BCUT2D eigenvalue weighted by molar-refractivity contribution is 6.42. The largest absolute Gasteiger partial charge is 0.456 e. The summed E-state index contributed by atoms with van der Waals surface area (Å²) in [6, 6.07) is 40.6. The van der Waals surface area contributed by atoms with Crippen molar-refractivity contribution < 1.29 is 14.0 Å². The topological polar surface area (TPSA) is 50.5 Å². The van der Waals surface area contributed by atoms with Crippen LogP contribution in [0.5, 0.6) is 0 Å². The highest BCUT2D eigenvalue weighted by atomic mass is 16.3. The number of nitrogens with zero attached hydrogens (tertiary/aromatic N) is 1. The molecule has 1 heterocycles. The number of ketones is 2. The van der Waals surface area contributed by atoms with Crippen LogP contribution in [0.4, 0.5) is 17.1 Å². The van der Waals surface area contributed by atoms with Crippen LogP contribution in [0, 0.1) is 0 Å². The average molecular weight is 558 g/mol. The van der Waals surface area contributed by atoms with E-state index < -0.39 is 0 Å². The van der Waals surface area contributed by atoms with E-state index in [1.165, 1.54) is 5.56 Å². The zero-order valence-corrected chi connectivity index (χ0v) is 23.8. The fraction of sp³-hybridized carbons (Fsp3) is 0.0769. The van der Waals surface area contributed by atoms with Crippen LogP contribution < -0.4 is 4.90 Å². The van der Waals surface area contributed by atoms with Crippen molar-refractivity contribution in [1.29, 1.82) is 0 Å². The summed E-state index contributed by atoms with van der Waals surface area (Å²) >= 11 is 0. The number of hydrogen-bond donors (Lipinski definition) is 0. The van der Waals surface area contributed by atoms with Gasteiger partial charge in [-0.1, -0.05) is 74.5 Å². The number of rotatable bonds is 4. The zero-order chi connectivity index (χ0) is 29.3. The molecule has 8 rings (SSSR count). The number of Topliss-reactive ketones (excluding diaryl/α,β-unsaturated/α-hetero) is 2. The van der Waals surface area contributed by atoms with Crippen LogP contribution in [0.2, 0.25) is 0 Å². The van der Waals surface area contributed by atoms with E-state index in [-0.39, 0.29) is 22.6 Å². The van der Waals surface area contributed by atoms with Gasteiger partial charge in [-0.15, -0.1) is 0 Å². The molecule has 0 fully saturated rings.